The van der Waals surface area contributed by atoms with E-state index in [4.69, 9.17) is 14.2 Å². The molecule has 0 fully saturated rings. The van der Waals surface area contributed by atoms with E-state index >= 15 is 0 Å². The molecule has 0 aliphatic carbocycles. The van der Waals surface area contributed by atoms with Crippen molar-refractivity contribution in [3.63, 3.8) is 0 Å². The van der Waals surface area contributed by atoms with E-state index in [1.807, 2.05) is 0 Å². The van der Waals surface area contributed by atoms with Crippen LogP contribution in [0.4, 0.5) is 5.95 Å². The SMILES string of the molecule is COc1cccc(-c2nnc(N(CCS(C)(C)C)S(C)(=O)=O)n2-c2c(OC)cccc2OC)n1. The van der Waals surface area contributed by atoms with Gasteiger partial charge in [0.15, 0.2) is 5.82 Å². The summed E-state index contributed by atoms with van der Waals surface area (Å²) < 4.78 is 45.3. The zero-order valence-corrected chi connectivity index (χ0v) is 22.1. The van der Waals surface area contributed by atoms with Crippen LogP contribution in [0.15, 0.2) is 36.4 Å². The van der Waals surface area contributed by atoms with Crippen molar-refractivity contribution < 1.29 is 22.6 Å². The van der Waals surface area contributed by atoms with E-state index in [1.165, 1.54) is 25.6 Å². The Morgan fingerprint density at radius 1 is 0.882 bits per heavy atom. The lowest BCUT2D eigenvalue weighted by atomic mass is 10.2. The fourth-order valence-corrected chi connectivity index (χ4v) is 4.97. The highest BCUT2D eigenvalue weighted by Crippen LogP contribution is 2.40. The van der Waals surface area contributed by atoms with Gasteiger partial charge in [0.05, 0.1) is 27.6 Å². The lowest BCUT2D eigenvalue weighted by Gasteiger charge is -2.30. The van der Waals surface area contributed by atoms with Crippen molar-refractivity contribution in [2.45, 2.75) is 0 Å². The van der Waals surface area contributed by atoms with Gasteiger partial charge in [0.1, 0.15) is 22.9 Å². The molecule has 34 heavy (non-hydrogen) atoms. The molecule has 10 nitrogen and oxygen atoms in total. The molecule has 12 heteroatoms. The number of anilines is 1. The van der Waals surface area contributed by atoms with Gasteiger partial charge in [-0.15, -0.1) is 10.2 Å². The van der Waals surface area contributed by atoms with Crippen molar-refractivity contribution in [2.75, 3.05) is 63.0 Å². The van der Waals surface area contributed by atoms with Crippen LogP contribution in [0.25, 0.3) is 17.2 Å². The molecule has 0 bridgehead atoms. The Labute approximate surface area is 202 Å². The molecule has 0 amide bonds. The van der Waals surface area contributed by atoms with Crippen LogP contribution in [0.3, 0.4) is 0 Å². The van der Waals surface area contributed by atoms with E-state index < -0.39 is 20.1 Å². The van der Waals surface area contributed by atoms with E-state index in [1.54, 1.807) is 41.0 Å². The fraction of sp³-hybridized carbons (Fsp3) is 0.409. The van der Waals surface area contributed by atoms with Crippen LogP contribution < -0.4 is 18.5 Å². The average Bonchev–Trinajstić information content (AvgIpc) is 3.20. The molecular weight excluding hydrogens is 478 g/mol. The first-order valence-electron chi connectivity index (χ1n) is 10.3. The normalized spacial score (nSPS) is 12.3. The van der Waals surface area contributed by atoms with E-state index in [9.17, 15) is 8.42 Å². The molecule has 186 valence electrons. The first-order chi connectivity index (χ1) is 16.0. The number of nitrogens with zero attached hydrogens (tertiary/aromatic N) is 5. The summed E-state index contributed by atoms with van der Waals surface area (Å²) in [5, 5.41) is 8.67. The molecule has 0 aliphatic rings. The maximum absolute atomic E-state index is 12.9. The van der Waals surface area contributed by atoms with Gasteiger partial charge < -0.3 is 14.2 Å². The van der Waals surface area contributed by atoms with E-state index in [0.29, 0.717) is 40.3 Å². The maximum atomic E-state index is 12.9. The molecular formula is C22H31N5O5S2. The summed E-state index contributed by atoms with van der Waals surface area (Å²) in [6, 6.07) is 10.5. The van der Waals surface area contributed by atoms with Crippen LogP contribution in [-0.4, -0.2) is 86.8 Å². The van der Waals surface area contributed by atoms with Gasteiger partial charge in [0, 0.05) is 12.6 Å². The first kappa shape index (κ1) is 25.6. The van der Waals surface area contributed by atoms with Gasteiger partial charge in [0.2, 0.25) is 21.9 Å². The molecule has 0 N–H and O–H groups in total. The Morgan fingerprint density at radius 2 is 1.50 bits per heavy atom. The van der Waals surface area contributed by atoms with Crippen molar-refractivity contribution in [3.05, 3.63) is 36.4 Å². The summed E-state index contributed by atoms with van der Waals surface area (Å²) >= 11 is 0. The molecule has 3 aromatic rings. The summed E-state index contributed by atoms with van der Waals surface area (Å²) in [5.41, 5.74) is 0.907. The van der Waals surface area contributed by atoms with Crippen molar-refractivity contribution in [3.8, 4) is 34.6 Å². The Morgan fingerprint density at radius 3 is 2.03 bits per heavy atom. The quantitative estimate of drug-likeness (QED) is 0.411. The van der Waals surface area contributed by atoms with Crippen LogP contribution in [0.5, 0.6) is 17.4 Å². The molecule has 0 aliphatic heterocycles. The summed E-state index contributed by atoms with van der Waals surface area (Å²) in [5.74, 6) is 2.42. The van der Waals surface area contributed by atoms with Crippen LogP contribution in [0, 0.1) is 0 Å². The Bertz CT molecular complexity index is 1230. The van der Waals surface area contributed by atoms with E-state index in [-0.39, 0.29) is 12.5 Å². The predicted molar refractivity (Wildman–Crippen MR) is 137 cm³/mol. The van der Waals surface area contributed by atoms with E-state index in [2.05, 4.69) is 33.9 Å². The number of benzene rings is 1. The van der Waals surface area contributed by atoms with Gasteiger partial charge in [-0.3, -0.25) is 4.57 Å². The van der Waals surface area contributed by atoms with Gasteiger partial charge in [-0.05, 0) is 42.7 Å². The van der Waals surface area contributed by atoms with Crippen LogP contribution in [0.1, 0.15) is 0 Å². The van der Waals surface area contributed by atoms with Crippen molar-refractivity contribution >= 4 is 26.0 Å². The van der Waals surface area contributed by atoms with Crippen LogP contribution in [0.2, 0.25) is 0 Å². The standard InChI is InChI=1S/C22H31N5O5S2/c1-30-17-11-9-12-18(31-2)20(17)27-21(16-10-8-13-19(23-16)32-3)24-25-22(27)26(34(7,28)29)14-15-33(4,5)6/h8-13H,14-15H2,1-7H3. The molecule has 2 heterocycles. The fourth-order valence-electron chi connectivity index (χ4n) is 3.29. The molecule has 0 saturated carbocycles. The van der Waals surface area contributed by atoms with Gasteiger partial charge in [0.25, 0.3) is 0 Å². The smallest absolute Gasteiger partial charge is 0.246 e. The van der Waals surface area contributed by atoms with Gasteiger partial charge >= 0.3 is 0 Å². The molecule has 3 rings (SSSR count). The third-order valence-electron chi connectivity index (χ3n) is 4.96. The van der Waals surface area contributed by atoms with Crippen LogP contribution >= 0.6 is 10.0 Å². The summed E-state index contributed by atoms with van der Waals surface area (Å²) in [6.45, 7) is 0.249. The molecule has 2 aromatic heterocycles. The second kappa shape index (κ2) is 10.1. The number of para-hydroxylation sites is 1. The van der Waals surface area contributed by atoms with Gasteiger partial charge in [-0.1, -0.05) is 12.1 Å². The molecule has 0 radical (unpaired) electrons. The minimum Gasteiger partial charge on any atom is -0.494 e. The number of aromatic nitrogens is 4. The Kier molecular flexibility index (Phi) is 7.61. The van der Waals surface area contributed by atoms with Gasteiger partial charge in [-0.2, -0.15) is 0 Å². The number of hydrogen-bond donors (Lipinski definition) is 0. The summed E-state index contributed by atoms with van der Waals surface area (Å²) in [6.07, 6.45) is 7.56. The molecule has 0 atom stereocenters. The van der Waals surface area contributed by atoms with Crippen molar-refractivity contribution in [2.24, 2.45) is 0 Å². The Hall–Kier alpha value is -2.99. The summed E-state index contributed by atoms with van der Waals surface area (Å²) in [7, 11) is -0.101. The highest BCUT2D eigenvalue weighted by atomic mass is 32.3. The zero-order chi connectivity index (χ0) is 25.1. The summed E-state index contributed by atoms with van der Waals surface area (Å²) in [4.78, 5) is 4.49. The first-order valence-corrected chi connectivity index (χ1v) is 15.2. The number of hydrogen-bond acceptors (Lipinski definition) is 8. The number of ether oxygens (including phenoxy) is 3. The van der Waals surface area contributed by atoms with Crippen molar-refractivity contribution in [1.82, 2.24) is 19.7 Å². The second-order valence-electron chi connectivity index (χ2n) is 8.37. The third-order valence-corrected chi connectivity index (χ3v) is 7.52. The van der Waals surface area contributed by atoms with E-state index in [0.717, 1.165) is 6.26 Å². The molecule has 0 unspecified atom stereocenters. The monoisotopic (exact) mass is 509 g/mol. The highest BCUT2D eigenvalue weighted by molar-refractivity contribution is 8.32. The topological polar surface area (TPSA) is 109 Å². The third kappa shape index (κ3) is 5.55. The number of pyridine rings is 1. The maximum Gasteiger partial charge on any atom is 0.246 e. The Balaban J connectivity index is 2.36. The molecule has 0 saturated heterocycles. The number of sulfonamides is 1. The molecule has 0 spiro atoms. The second-order valence-corrected chi connectivity index (χ2v) is 14.9. The lowest BCUT2D eigenvalue weighted by molar-refractivity contribution is 0.391. The number of rotatable bonds is 10. The van der Waals surface area contributed by atoms with Gasteiger partial charge in [-0.25, -0.2) is 27.7 Å². The largest absolute Gasteiger partial charge is 0.494 e. The lowest BCUT2D eigenvalue weighted by Crippen LogP contribution is -2.35. The average molecular weight is 510 g/mol. The number of methoxy groups -OCH3 is 3. The van der Waals surface area contributed by atoms with Crippen molar-refractivity contribution in [1.29, 1.82) is 0 Å². The minimum absolute atomic E-state index is 0.119. The molecule has 1 aromatic carbocycles. The highest BCUT2D eigenvalue weighted by Gasteiger charge is 2.30. The van der Waals surface area contributed by atoms with Crippen LogP contribution in [-0.2, 0) is 10.0 Å². The predicted octanol–water partition coefficient (Wildman–Crippen LogP) is 2.82. The minimum atomic E-state index is -3.70. The zero-order valence-electron chi connectivity index (χ0n) is 20.5.